The number of nitrogens with zero attached hydrogens (tertiary/aromatic N) is 8. The summed E-state index contributed by atoms with van der Waals surface area (Å²) < 4.78 is 87.9. The third kappa shape index (κ3) is 6.92. The first kappa shape index (κ1) is 39.3. The van der Waals surface area contributed by atoms with E-state index in [-0.39, 0.29) is 109 Å². The zero-order valence-corrected chi connectivity index (χ0v) is 31.1. The number of amides is 3. The van der Waals surface area contributed by atoms with Gasteiger partial charge in [-0.25, -0.2) is 9.97 Å². The first-order valence-electron chi connectivity index (χ1n) is 18.0. The van der Waals surface area contributed by atoms with Gasteiger partial charge in [0.1, 0.15) is 18.5 Å². The molecule has 2 N–H and O–H groups in total. The Hall–Kier alpha value is -5.57. The monoisotopic (exact) mass is 835 g/mol. The number of fused-ring (bicyclic) bond motifs is 3. The molecule has 15 nitrogen and oxygen atoms in total. The van der Waals surface area contributed by atoms with Gasteiger partial charge in [0.25, 0.3) is 11.5 Å². The predicted molar refractivity (Wildman–Crippen MR) is 189 cm³/mol. The summed E-state index contributed by atoms with van der Waals surface area (Å²) in [7, 11) is 0. The average Bonchev–Trinajstić information content (AvgIpc) is 3.75. The Morgan fingerprint density at radius 1 is 1.07 bits per heavy atom. The Morgan fingerprint density at radius 2 is 1.81 bits per heavy atom. The number of hydrogen-bond acceptors (Lipinski definition) is 10. The van der Waals surface area contributed by atoms with Crippen LogP contribution in [0.15, 0.2) is 35.4 Å². The number of carbonyl (C=O) groups is 3. The molecule has 0 bridgehead atoms. The minimum absolute atomic E-state index is 0.0135. The molecule has 1 saturated heterocycles. The number of hydrogen-bond donors (Lipinski definition) is 2. The fourth-order valence-corrected chi connectivity index (χ4v) is 8.02. The van der Waals surface area contributed by atoms with Crippen molar-refractivity contribution in [3.8, 4) is 5.75 Å². The van der Waals surface area contributed by atoms with E-state index in [9.17, 15) is 50.6 Å². The van der Waals surface area contributed by atoms with Crippen LogP contribution < -0.4 is 10.9 Å². The van der Waals surface area contributed by atoms with Gasteiger partial charge in [0.05, 0.1) is 51.7 Å². The Morgan fingerprint density at radius 3 is 2.45 bits per heavy atom. The molecular formula is C36H32ClF6N9O6. The van der Waals surface area contributed by atoms with Gasteiger partial charge in [0, 0.05) is 26.2 Å². The fraction of sp³-hybridized carbons (Fsp3) is 0.444. The molecule has 1 aromatic carbocycles. The highest BCUT2D eigenvalue weighted by Crippen LogP contribution is 2.51. The summed E-state index contributed by atoms with van der Waals surface area (Å²) in [6.45, 7) is 1.06. The topological polar surface area (TPSA) is 177 Å². The molecule has 1 aliphatic carbocycles. The van der Waals surface area contributed by atoms with Crippen LogP contribution >= 0.6 is 11.6 Å². The van der Waals surface area contributed by atoms with E-state index in [1.165, 1.54) is 21.3 Å². The predicted octanol–water partition coefficient (Wildman–Crippen LogP) is 4.48. The second-order valence-corrected chi connectivity index (χ2v) is 15.0. The number of nitrogens with one attached hydrogen (secondary N) is 1. The van der Waals surface area contributed by atoms with Gasteiger partial charge >= 0.3 is 12.4 Å². The molecule has 22 heteroatoms. The summed E-state index contributed by atoms with van der Waals surface area (Å²) in [6, 6.07) is 2.44. The third-order valence-corrected chi connectivity index (χ3v) is 11.4. The van der Waals surface area contributed by atoms with E-state index in [0.717, 1.165) is 23.0 Å². The molecule has 2 unspecified atom stereocenters. The van der Waals surface area contributed by atoms with Crippen molar-refractivity contribution < 1.29 is 50.6 Å². The van der Waals surface area contributed by atoms with E-state index >= 15 is 0 Å². The molecule has 3 aliphatic heterocycles. The van der Waals surface area contributed by atoms with Crippen molar-refractivity contribution in [1.29, 1.82) is 0 Å². The van der Waals surface area contributed by atoms with Gasteiger partial charge in [0.15, 0.2) is 17.3 Å². The van der Waals surface area contributed by atoms with Crippen LogP contribution in [0.2, 0.25) is 5.02 Å². The van der Waals surface area contributed by atoms with Gasteiger partial charge in [-0.05, 0) is 56.4 Å². The van der Waals surface area contributed by atoms with Gasteiger partial charge < -0.3 is 29.5 Å². The highest BCUT2D eigenvalue weighted by atomic mass is 35.5. The molecular weight excluding hydrogens is 804 g/mol. The molecule has 1 spiro atoms. The van der Waals surface area contributed by atoms with Gasteiger partial charge in [0.2, 0.25) is 17.6 Å². The summed E-state index contributed by atoms with van der Waals surface area (Å²) in [4.78, 5) is 69.3. The lowest BCUT2D eigenvalue weighted by Crippen LogP contribution is -2.47. The Labute approximate surface area is 328 Å². The summed E-state index contributed by atoms with van der Waals surface area (Å²) in [6.07, 6.45) is -6.24. The van der Waals surface area contributed by atoms with Crippen LogP contribution in [-0.4, -0.2) is 94.1 Å². The molecule has 4 aromatic rings. The van der Waals surface area contributed by atoms with Crippen LogP contribution in [0.3, 0.4) is 0 Å². The maximum absolute atomic E-state index is 14.4. The van der Waals surface area contributed by atoms with Gasteiger partial charge in [-0.1, -0.05) is 17.7 Å². The van der Waals surface area contributed by atoms with Gasteiger partial charge in [-0.3, -0.25) is 19.2 Å². The lowest BCUT2D eigenvalue weighted by atomic mass is 9.85. The standard InChI is InChI=1S/C36H32ClF6N9O6/c1-17-28(54)27(45-16-44-17)32(57)50-10-6-34(7-11-50)26-24(15-58-34)51(14-25(53)46-23-3-2-19(12-22(23)37)35(38,39)40)33-47-29(48-52(33)31(26)56)18-4-8-49(9-5-18)30(55)20-13-21(20)36(41,42)43/h2-4,12,16,20-21,54H,5-11,13-15H2,1H3,(H,46,53). The van der Waals surface area contributed by atoms with Crippen molar-refractivity contribution in [2.75, 3.05) is 31.5 Å². The minimum Gasteiger partial charge on any atom is -0.504 e. The van der Waals surface area contributed by atoms with E-state index < -0.39 is 65.2 Å². The van der Waals surface area contributed by atoms with Crippen molar-refractivity contribution in [2.45, 2.75) is 63.7 Å². The smallest absolute Gasteiger partial charge is 0.416 e. The van der Waals surface area contributed by atoms with E-state index in [4.69, 9.17) is 16.3 Å². The summed E-state index contributed by atoms with van der Waals surface area (Å²) in [5, 5.41) is 17.0. The van der Waals surface area contributed by atoms with Gasteiger partial charge in [-0.2, -0.15) is 35.8 Å². The first-order chi connectivity index (χ1) is 27.4. The highest BCUT2D eigenvalue weighted by Gasteiger charge is 2.59. The van der Waals surface area contributed by atoms with Crippen LogP contribution in [0.25, 0.3) is 11.4 Å². The van der Waals surface area contributed by atoms with Crippen LogP contribution in [0, 0.1) is 18.8 Å². The molecule has 3 aromatic heterocycles. The molecule has 2 fully saturated rings. The molecule has 2 atom stereocenters. The number of aromatic hydroxyl groups is 1. The number of benzene rings is 1. The summed E-state index contributed by atoms with van der Waals surface area (Å²) in [5.74, 6) is -5.06. The molecule has 8 rings (SSSR count). The molecule has 6 heterocycles. The number of aryl methyl sites for hydroxylation is 1. The second-order valence-electron chi connectivity index (χ2n) is 14.6. The van der Waals surface area contributed by atoms with E-state index in [0.29, 0.717) is 11.6 Å². The van der Waals surface area contributed by atoms with E-state index in [1.807, 2.05) is 0 Å². The maximum atomic E-state index is 14.4. The first-order valence-corrected chi connectivity index (χ1v) is 18.4. The molecule has 58 heavy (non-hydrogen) atoms. The largest absolute Gasteiger partial charge is 0.504 e. The number of rotatable bonds is 6. The van der Waals surface area contributed by atoms with Crippen LogP contribution in [-0.2, 0) is 39.3 Å². The number of anilines is 1. The van der Waals surface area contributed by atoms with Crippen molar-refractivity contribution in [1.82, 2.24) is 38.9 Å². The zero-order chi connectivity index (χ0) is 41.5. The number of carbonyl (C=O) groups excluding carboxylic acids is 3. The lowest BCUT2D eigenvalue weighted by Gasteiger charge is -2.38. The minimum atomic E-state index is -4.68. The lowest BCUT2D eigenvalue weighted by molar-refractivity contribution is -0.157. The van der Waals surface area contributed by atoms with Crippen molar-refractivity contribution in [2.24, 2.45) is 11.8 Å². The number of alkyl halides is 6. The van der Waals surface area contributed by atoms with Crippen LogP contribution in [0.5, 0.6) is 5.75 Å². The average molecular weight is 836 g/mol. The zero-order valence-electron chi connectivity index (χ0n) is 30.3. The Bertz CT molecular complexity index is 2480. The van der Waals surface area contributed by atoms with E-state index in [2.05, 4.69) is 25.4 Å². The number of likely N-dealkylation sites (tertiary alicyclic amines) is 1. The fourth-order valence-electron chi connectivity index (χ4n) is 7.79. The summed E-state index contributed by atoms with van der Waals surface area (Å²) >= 11 is 6.11. The van der Waals surface area contributed by atoms with Gasteiger partial charge in [-0.15, -0.1) is 5.10 Å². The normalized spacial score (nSPS) is 20.3. The highest BCUT2D eigenvalue weighted by molar-refractivity contribution is 6.33. The number of aromatic nitrogens is 6. The molecule has 306 valence electrons. The molecule has 3 amide bonds. The quantitative estimate of drug-likeness (QED) is 0.264. The number of halogens is 7. The molecule has 4 aliphatic rings. The molecule has 1 saturated carbocycles. The number of piperidine rings is 1. The second kappa shape index (κ2) is 14.1. The Balaban J connectivity index is 1.11. The SMILES string of the molecule is Cc1ncnc(C(=O)N2CCC3(CC2)OCc2c3c(=O)n3nc(C4=CCN(C(=O)C5CC5C(F)(F)F)CC4)nc3n2CC(=O)Nc2ccc(C(F)(F)F)cc2Cl)c1O. The van der Waals surface area contributed by atoms with Crippen LogP contribution in [0.1, 0.15) is 64.5 Å². The summed E-state index contributed by atoms with van der Waals surface area (Å²) in [5.41, 5.74) is -2.03. The third-order valence-electron chi connectivity index (χ3n) is 11.1. The van der Waals surface area contributed by atoms with Crippen molar-refractivity contribution in [3.05, 3.63) is 80.0 Å². The maximum Gasteiger partial charge on any atom is 0.416 e. The van der Waals surface area contributed by atoms with Crippen LogP contribution in [0.4, 0.5) is 32.0 Å². The molecule has 0 radical (unpaired) electrons. The van der Waals surface area contributed by atoms with Crippen molar-refractivity contribution in [3.63, 3.8) is 0 Å². The number of ether oxygens (including phenoxy) is 1. The van der Waals surface area contributed by atoms with Crippen molar-refractivity contribution >= 4 is 46.4 Å². The van der Waals surface area contributed by atoms with E-state index in [1.54, 1.807) is 6.08 Å². The Kier molecular flexibility index (Phi) is 9.52.